The number of aryl methyl sites for hydroxylation is 1. The van der Waals surface area contributed by atoms with Crippen molar-refractivity contribution in [2.24, 2.45) is 7.05 Å². The van der Waals surface area contributed by atoms with Crippen molar-refractivity contribution in [1.29, 1.82) is 0 Å². The van der Waals surface area contributed by atoms with Crippen molar-refractivity contribution in [2.45, 2.75) is 44.4 Å². The number of aliphatic hydroxyl groups excluding tert-OH is 1. The van der Waals surface area contributed by atoms with E-state index in [9.17, 15) is 4.79 Å². The van der Waals surface area contributed by atoms with Gasteiger partial charge in [0.25, 0.3) is 5.91 Å². The van der Waals surface area contributed by atoms with Crippen molar-refractivity contribution >= 4 is 11.7 Å². The van der Waals surface area contributed by atoms with E-state index >= 15 is 0 Å². The number of nitrogens with two attached hydrogens (primary N) is 1. The van der Waals surface area contributed by atoms with E-state index < -0.39 is 0 Å². The van der Waals surface area contributed by atoms with Gasteiger partial charge in [0.2, 0.25) is 0 Å². The van der Waals surface area contributed by atoms with E-state index in [0.29, 0.717) is 18.6 Å². The van der Waals surface area contributed by atoms with Crippen molar-refractivity contribution in [1.82, 2.24) is 20.1 Å². The van der Waals surface area contributed by atoms with Crippen molar-refractivity contribution in [3.63, 3.8) is 0 Å². The van der Waals surface area contributed by atoms with Crippen LogP contribution in [0, 0.1) is 11.8 Å². The fourth-order valence-electron chi connectivity index (χ4n) is 4.03. The second-order valence-electron chi connectivity index (χ2n) is 8.39. The summed E-state index contributed by atoms with van der Waals surface area (Å²) < 4.78 is 7.86. The van der Waals surface area contributed by atoms with Gasteiger partial charge >= 0.3 is 0 Å². The standard InChI is InChI=1S/C26H29N5O3/c1-31-16-21(15-29-31)20-13-22(25(27)28-14-20)26(33)30-23-6-4-7-24(23)34-17-19-10-8-18(9-11-19)5-2-3-12-32/h8-11,13-16,23-24,32H,3-4,6-7,12,17H2,1H3,(H2,27,28)(H,30,33)/t23-,24?/m0/s1. The Morgan fingerprint density at radius 1 is 1.26 bits per heavy atom. The predicted octanol–water partition coefficient (Wildman–Crippen LogP) is 2.67. The number of carbonyl (C=O) groups is 1. The molecule has 2 aromatic heterocycles. The second-order valence-corrected chi connectivity index (χ2v) is 8.39. The van der Waals surface area contributed by atoms with Crippen LogP contribution in [0.25, 0.3) is 11.1 Å². The number of amides is 1. The minimum absolute atomic E-state index is 0.0661. The Labute approximate surface area is 199 Å². The highest BCUT2D eigenvalue weighted by Crippen LogP contribution is 2.25. The van der Waals surface area contributed by atoms with E-state index in [1.165, 1.54) is 0 Å². The summed E-state index contributed by atoms with van der Waals surface area (Å²) in [7, 11) is 1.84. The zero-order chi connectivity index (χ0) is 23.9. The quantitative estimate of drug-likeness (QED) is 0.468. The monoisotopic (exact) mass is 459 g/mol. The molecule has 1 amide bonds. The highest BCUT2D eigenvalue weighted by atomic mass is 16.5. The van der Waals surface area contributed by atoms with Gasteiger partial charge in [-0.1, -0.05) is 24.0 Å². The van der Waals surface area contributed by atoms with Gasteiger partial charge in [0.05, 0.1) is 37.1 Å². The van der Waals surface area contributed by atoms with Gasteiger partial charge in [0, 0.05) is 42.6 Å². The van der Waals surface area contributed by atoms with Gasteiger partial charge in [-0.2, -0.15) is 5.10 Å². The molecule has 2 atom stereocenters. The fraction of sp³-hybridized carbons (Fsp3) is 0.346. The van der Waals surface area contributed by atoms with Crippen LogP contribution in [0.5, 0.6) is 0 Å². The maximum Gasteiger partial charge on any atom is 0.255 e. The Hall–Kier alpha value is -3.67. The summed E-state index contributed by atoms with van der Waals surface area (Å²) in [5, 5.41) is 16.1. The summed E-state index contributed by atoms with van der Waals surface area (Å²) in [5.41, 5.74) is 9.98. The van der Waals surface area contributed by atoms with Gasteiger partial charge in [-0.3, -0.25) is 9.48 Å². The van der Waals surface area contributed by atoms with E-state index in [-0.39, 0.29) is 30.5 Å². The highest BCUT2D eigenvalue weighted by Gasteiger charge is 2.30. The number of nitrogens with zero attached hydrogens (tertiary/aromatic N) is 3. The average Bonchev–Trinajstić information content (AvgIpc) is 3.47. The molecule has 4 N–H and O–H groups in total. The van der Waals surface area contributed by atoms with Crippen LogP contribution in [0.4, 0.5) is 5.82 Å². The molecule has 1 fully saturated rings. The third-order valence-electron chi connectivity index (χ3n) is 5.86. The molecule has 0 radical (unpaired) electrons. The molecule has 0 spiro atoms. The van der Waals surface area contributed by atoms with Gasteiger partial charge in [0.15, 0.2) is 0 Å². The lowest BCUT2D eigenvalue weighted by molar-refractivity contribution is 0.0272. The van der Waals surface area contributed by atoms with Gasteiger partial charge in [0.1, 0.15) is 5.82 Å². The highest BCUT2D eigenvalue weighted by molar-refractivity contribution is 5.99. The normalized spacial score (nSPS) is 17.2. The lowest BCUT2D eigenvalue weighted by Gasteiger charge is -2.22. The van der Waals surface area contributed by atoms with Gasteiger partial charge in [-0.25, -0.2) is 4.98 Å². The summed E-state index contributed by atoms with van der Waals surface area (Å²) in [5.74, 6) is 5.88. The van der Waals surface area contributed by atoms with Crippen molar-refractivity contribution < 1.29 is 14.6 Å². The number of carbonyl (C=O) groups excluding carboxylic acids is 1. The predicted molar refractivity (Wildman–Crippen MR) is 130 cm³/mol. The number of benzene rings is 1. The number of hydrogen-bond acceptors (Lipinski definition) is 6. The smallest absolute Gasteiger partial charge is 0.255 e. The van der Waals surface area contributed by atoms with Crippen molar-refractivity contribution in [3.8, 4) is 23.0 Å². The summed E-state index contributed by atoms with van der Waals surface area (Å²) in [6.07, 6.45) is 8.36. The third kappa shape index (κ3) is 5.81. The number of aliphatic hydroxyl groups is 1. The number of ether oxygens (including phenoxy) is 1. The van der Waals surface area contributed by atoms with E-state index in [0.717, 1.165) is 41.5 Å². The van der Waals surface area contributed by atoms with Crippen LogP contribution >= 0.6 is 0 Å². The van der Waals surface area contributed by atoms with E-state index in [1.807, 2.05) is 37.5 Å². The van der Waals surface area contributed by atoms with E-state index in [1.54, 1.807) is 23.1 Å². The Morgan fingerprint density at radius 3 is 2.82 bits per heavy atom. The Balaban J connectivity index is 1.37. The largest absolute Gasteiger partial charge is 0.395 e. The zero-order valence-electron chi connectivity index (χ0n) is 19.2. The van der Waals surface area contributed by atoms with E-state index in [4.69, 9.17) is 15.6 Å². The SMILES string of the molecule is Cn1cc(-c2cnc(N)c(C(=O)N[C@H]3CCCC3OCc3ccc(C#CCCO)cc3)c2)cn1. The first kappa shape index (κ1) is 23.5. The number of nitrogen functional groups attached to an aromatic ring is 1. The molecule has 1 aliphatic rings. The van der Waals surface area contributed by atoms with E-state index in [2.05, 4.69) is 27.2 Å². The molecular formula is C26H29N5O3. The number of anilines is 1. The topological polar surface area (TPSA) is 115 Å². The van der Waals surface area contributed by atoms with Crippen molar-refractivity contribution in [2.75, 3.05) is 12.3 Å². The number of nitrogens with one attached hydrogen (secondary N) is 1. The Morgan fingerprint density at radius 2 is 2.09 bits per heavy atom. The van der Waals surface area contributed by atoms with Gasteiger partial charge in [-0.15, -0.1) is 0 Å². The van der Waals surface area contributed by atoms with Gasteiger partial charge in [-0.05, 0) is 43.0 Å². The van der Waals surface area contributed by atoms with Crippen LogP contribution in [0.15, 0.2) is 48.9 Å². The molecule has 8 heteroatoms. The summed E-state index contributed by atoms with van der Waals surface area (Å²) in [6, 6.07) is 9.54. The molecule has 0 bridgehead atoms. The van der Waals surface area contributed by atoms with Crippen LogP contribution in [0.2, 0.25) is 0 Å². The maximum atomic E-state index is 13.0. The number of pyridine rings is 1. The first-order valence-corrected chi connectivity index (χ1v) is 11.4. The average molecular weight is 460 g/mol. The minimum Gasteiger partial charge on any atom is -0.395 e. The number of hydrogen-bond donors (Lipinski definition) is 3. The molecule has 1 unspecified atom stereocenters. The molecule has 0 saturated heterocycles. The maximum absolute atomic E-state index is 13.0. The van der Waals surface area contributed by atoms with Crippen LogP contribution in [-0.2, 0) is 18.4 Å². The first-order chi connectivity index (χ1) is 16.5. The molecule has 8 nitrogen and oxygen atoms in total. The Kier molecular flexibility index (Phi) is 7.58. The van der Waals surface area contributed by atoms with Gasteiger partial charge < -0.3 is 20.9 Å². The lowest BCUT2D eigenvalue weighted by Crippen LogP contribution is -2.41. The molecule has 34 heavy (non-hydrogen) atoms. The molecular weight excluding hydrogens is 430 g/mol. The molecule has 1 saturated carbocycles. The van der Waals surface area contributed by atoms with Crippen LogP contribution in [0.3, 0.4) is 0 Å². The lowest BCUT2D eigenvalue weighted by atomic mass is 10.1. The summed E-state index contributed by atoms with van der Waals surface area (Å²) in [6.45, 7) is 0.526. The second kappa shape index (κ2) is 11.0. The van der Waals surface area contributed by atoms with Crippen LogP contribution < -0.4 is 11.1 Å². The zero-order valence-corrected chi connectivity index (χ0v) is 19.2. The number of rotatable bonds is 7. The first-order valence-electron chi connectivity index (χ1n) is 11.4. The third-order valence-corrected chi connectivity index (χ3v) is 5.86. The molecule has 4 rings (SSSR count). The Bertz CT molecular complexity index is 1190. The molecule has 2 heterocycles. The van der Waals surface area contributed by atoms with Crippen LogP contribution in [-0.4, -0.2) is 44.5 Å². The minimum atomic E-state index is -0.248. The fourth-order valence-corrected chi connectivity index (χ4v) is 4.03. The number of aromatic nitrogens is 3. The molecule has 0 aliphatic heterocycles. The van der Waals surface area contributed by atoms with Crippen molar-refractivity contribution in [3.05, 3.63) is 65.6 Å². The molecule has 176 valence electrons. The summed E-state index contributed by atoms with van der Waals surface area (Å²) >= 11 is 0. The van der Waals surface area contributed by atoms with Crippen LogP contribution in [0.1, 0.15) is 47.2 Å². The molecule has 1 aromatic carbocycles. The molecule has 3 aromatic rings. The summed E-state index contributed by atoms with van der Waals surface area (Å²) in [4.78, 5) is 17.3. The molecule has 1 aliphatic carbocycles.